The van der Waals surface area contributed by atoms with Crippen molar-refractivity contribution in [3.05, 3.63) is 29.6 Å². The lowest BCUT2D eigenvalue weighted by Crippen LogP contribution is -2.27. The minimum absolute atomic E-state index is 0.164. The third-order valence-corrected chi connectivity index (χ3v) is 3.48. The molecule has 1 heterocycles. The summed E-state index contributed by atoms with van der Waals surface area (Å²) >= 11 is 0. The summed E-state index contributed by atoms with van der Waals surface area (Å²) in [6.07, 6.45) is 2.02. The zero-order chi connectivity index (χ0) is 13.8. The van der Waals surface area contributed by atoms with E-state index in [1.165, 1.54) is 0 Å². The number of halogens is 3. The van der Waals surface area contributed by atoms with Crippen molar-refractivity contribution in [2.24, 2.45) is 5.92 Å². The van der Waals surface area contributed by atoms with Crippen LogP contribution in [0, 0.1) is 23.4 Å². The molecule has 5 heteroatoms. The van der Waals surface area contributed by atoms with Crippen LogP contribution >= 0.6 is 0 Å². The second kappa shape index (κ2) is 6.28. The van der Waals surface area contributed by atoms with Gasteiger partial charge in [0.15, 0.2) is 11.6 Å². The number of anilines is 1. The summed E-state index contributed by atoms with van der Waals surface area (Å²) in [4.78, 5) is 1.79. The Kier molecular flexibility index (Phi) is 4.69. The molecule has 0 aliphatic carbocycles. The number of benzene rings is 1. The highest BCUT2D eigenvalue weighted by atomic mass is 19.2. The van der Waals surface area contributed by atoms with Crippen LogP contribution in [0.15, 0.2) is 12.1 Å². The van der Waals surface area contributed by atoms with Crippen molar-refractivity contribution < 1.29 is 13.2 Å². The Morgan fingerprint density at radius 3 is 2.68 bits per heavy atom. The monoisotopic (exact) mass is 272 g/mol. The Hall–Kier alpha value is -1.23. The van der Waals surface area contributed by atoms with Gasteiger partial charge in [-0.15, -0.1) is 0 Å². The van der Waals surface area contributed by atoms with Crippen LogP contribution in [0.1, 0.15) is 19.8 Å². The maximum atomic E-state index is 13.7. The molecule has 0 bridgehead atoms. The minimum atomic E-state index is -1.14. The second-order valence-electron chi connectivity index (χ2n) is 5.02. The summed E-state index contributed by atoms with van der Waals surface area (Å²) in [7, 11) is 0. The largest absolute Gasteiger partial charge is 0.369 e. The minimum Gasteiger partial charge on any atom is -0.369 e. The van der Waals surface area contributed by atoms with Gasteiger partial charge in [0.05, 0.1) is 5.69 Å². The summed E-state index contributed by atoms with van der Waals surface area (Å²) < 4.78 is 39.7. The number of nitrogens with zero attached hydrogens (tertiary/aromatic N) is 1. The summed E-state index contributed by atoms with van der Waals surface area (Å²) in [6, 6.07) is 1.57. The lowest BCUT2D eigenvalue weighted by molar-refractivity contribution is 0.493. The standard InChI is InChI=1S/C14H19F3N2/c1-2-4-18-8-10-3-5-19(9-10)14-7-12(16)11(15)6-13(14)17/h6-7,10,18H,2-5,8-9H2,1H3. The molecule has 1 unspecified atom stereocenters. The van der Waals surface area contributed by atoms with Crippen LogP contribution in [0.5, 0.6) is 0 Å². The summed E-state index contributed by atoms with van der Waals surface area (Å²) in [5, 5.41) is 3.33. The van der Waals surface area contributed by atoms with Crippen LogP contribution in [0.2, 0.25) is 0 Å². The Labute approximate surface area is 111 Å². The predicted molar refractivity (Wildman–Crippen MR) is 69.8 cm³/mol. The summed E-state index contributed by atoms with van der Waals surface area (Å²) in [5.41, 5.74) is 0.164. The van der Waals surface area contributed by atoms with Crippen molar-refractivity contribution in [1.82, 2.24) is 5.32 Å². The van der Waals surface area contributed by atoms with Crippen molar-refractivity contribution in [3.63, 3.8) is 0 Å². The average molecular weight is 272 g/mol. The van der Waals surface area contributed by atoms with E-state index in [0.717, 1.165) is 32.0 Å². The first-order chi connectivity index (χ1) is 9.11. The molecule has 0 amide bonds. The molecule has 1 aromatic rings. The molecule has 1 aliphatic rings. The molecule has 0 spiro atoms. The smallest absolute Gasteiger partial charge is 0.161 e. The molecule has 2 rings (SSSR count). The van der Waals surface area contributed by atoms with Gasteiger partial charge in [0.25, 0.3) is 0 Å². The van der Waals surface area contributed by atoms with Gasteiger partial charge in [0.2, 0.25) is 0 Å². The van der Waals surface area contributed by atoms with Crippen molar-refractivity contribution >= 4 is 5.69 Å². The van der Waals surface area contributed by atoms with Crippen molar-refractivity contribution in [2.45, 2.75) is 19.8 Å². The van der Waals surface area contributed by atoms with Gasteiger partial charge in [-0.25, -0.2) is 13.2 Å². The van der Waals surface area contributed by atoms with Gasteiger partial charge < -0.3 is 10.2 Å². The van der Waals surface area contributed by atoms with Crippen LogP contribution in [-0.2, 0) is 0 Å². The number of nitrogens with one attached hydrogen (secondary N) is 1. The van der Waals surface area contributed by atoms with Gasteiger partial charge in [0.1, 0.15) is 5.82 Å². The van der Waals surface area contributed by atoms with Gasteiger partial charge >= 0.3 is 0 Å². The molecule has 1 atom stereocenters. The number of rotatable bonds is 5. The molecule has 1 N–H and O–H groups in total. The van der Waals surface area contributed by atoms with E-state index < -0.39 is 17.5 Å². The molecule has 19 heavy (non-hydrogen) atoms. The summed E-state index contributed by atoms with van der Waals surface area (Å²) in [5.74, 6) is -2.40. The Balaban J connectivity index is 1.99. The van der Waals surface area contributed by atoms with Crippen LogP contribution in [0.4, 0.5) is 18.9 Å². The van der Waals surface area contributed by atoms with Crippen molar-refractivity contribution in [3.8, 4) is 0 Å². The number of hydrogen-bond donors (Lipinski definition) is 1. The van der Waals surface area contributed by atoms with E-state index in [1.54, 1.807) is 4.90 Å². The van der Waals surface area contributed by atoms with E-state index in [2.05, 4.69) is 12.2 Å². The highest BCUT2D eigenvalue weighted by Gasteiger charge is 2.25. The topological polar surface area (TPSA) is 15.3 Å². The first-order valence-electron chi connectivity index (χ1n) is 6.72. The van der Waals surface area contributed by atoms with E-state index in [-0.39, 0.29) is 5.69 Å². The number of hydrogen-bond acceptors (Lipinski definition) is 2. The van der Waals surface area contributed by atoms with Gasteiger partial charge in [-0.1, -0.05) is 6.92 Å². The molecule has 0 saturated carbocycles. The van der Waals surface area contributed by atoms with E-state index in [0.29, 0.717) is 25.1 Å². The van der Waals surface area contributed by atoms with E-state index in [1.807, 2.05) is 0 Å². The van der Waals surface area contributed by atoms with E-state index in [4.69, 9.17) is 0 Å². The molecular weight excluding hydrogens is 253 g/mol. The van der Waals surface area contributed by atoms with E-state index >= 15 is 0 Å². The first-order valence-corrected chi connectivity index (χ1v) is 6.72. The second-order valence-corrected chi connectivity index (χ2v) is 5.02. The molecule has 1 fully saturated rings. The quantitative estimate of drug-likeness (QED) is 0.655. The fourth-order valence-corrected chi connectivity index (χ4v) is 2.46. The maximum Gasteiger partial charge on any atom is 0.161 e. The fourth-order valence-electron chi connectivity index (χ4n) is 2.46. The third-order valence-electron chi connectivity index (χ3n) is 3.48. The maximum absolute atomic E-state index is 13.7. The van der Waals surface area contributed by atoms with Gasteiger partial charge in [-0.3, -0.25) is 0 Å². The lowest BCUT2D eigenvalue weighted by Gasteiger charge is -2.19. The lowest BCUT2D eigenvalue weighted by atomic mass is 10.1. The van der Waals surface area contributed by atoms with Gasteiger partial charge in [0, 0.05) is 25.2 Å². The van der Waals surface area contributed by atoms with Crippen LogP contribution in [0.3, 0.4) is 0 Å². The van der Waals surface area contributed by atoms with Crippen LogP contribution in [0.25, 0.3) is 0 Å². The van der Waals surface area contributed by atoms with Crippen LogP contribution < -0.4 is 10.2 Å². The van der Waals surface area contributed by atoms with Crippen molar-refractivity contribution in [1.29, 1.82) is 0 Å². The molecule has 0 aromatic heterocycles. The zero-order valence-electron chi connectivity index (χ0n) is 11.1. The molecule has 0 radical (unpaired) electrons. The summed E-state index contributed by atoms with van der Waals surface area (Å²) in [6.45, 7) is 5.31. The highest BCUT2D eigenvalue weighted by Crippen LogP contribution is 2.27. The zero-order valence-corrected chi connectivity index (χ0v) is 11.1. The Morgan fingerprint density at radius 2 is 1.95 bits per heavy atom. The average Bonchev–Trinajstić information content (AvgIpc) is 2.83. The SMILES string of the molecule is CCCNCC1CCN(c2cc(F)c(F)cc2F)C1. The van der Waals surface area contributed by atoms with Crippen molar-refractivity contribution in [2.75, 3.05) is 31.1 Å². The third kappa shape index (κ3) is 3.41. The van der Waals surface area contributed by atoms with Gasteiger partial charge in [-0.05, 0) is 31.8 Å². The first kappa shape index (κ1) is 14.2. The Morgan fingerprint density at radius 1 is 1.21 bits per heavy atom. The highest BCUT2D eigenvalue weighted by molar-refractivity contribution is 5.49. The molecule has 1 aromatic carbocycles. The normalized spacial score (nSPS) is 19.2. The van der Waals surface area contributed by atoms with Gasteiger partial charge in [-0.2, -0.15) is 0 Å². The predicted octanol–water partition coefficient (Wildman–Crippen LogP) is 2.93. The fraction of sp³-hybridized carbons (Fsp3) is 0.571. The molecule has 106 valence electrons. The molecule has 2 nitrogen and oxygen atoms in total. The molecular formula is C14H19F3N2. The van der Waals surface area contributed by atoms with E-state index in [9.17, 15) is 13.2 Å². The Bertz CT molecular complexity index is 437. The molecule has 1 saturated heterocycles. The van der Waals surface area contributed by atoms with Crippen LogP contribution in [-0.4, -0.2) is 26.2 Å². The molecule has 1 aliphatic heterocycles.